The van der Waals surface area contributed by atoms with E-state index in [-0.39, 0.29) is 0 Å². The second kappa shape index (κ2) is 5.57. The van der Waals surface area contributed by atoms with Crippen LogP contribution in [-0.2, 0) is 6.54 Å². The second-order valence-electron chi connectivity index (χ2n) is 4.28. The van der Waals surface area contributed by atoms with Gasteiger partial charge in [0.2, 0.25) is 0 Å². The molecular weight excluding hydrogens is 202 g/mol. The highest BCUT2D eigenvalue weighted by atomic mass is 32.2. The fourth-order valence-corrected chi connectivity index (χ4v) is 2.27. The Labute approximate surface area is 96.7 Å². The third-order valence-corrected chi connectivity index (χ3v) is 3.89. The van der Waals surface area contributed by atoms with Crippen LogP contribution >= 0.6 is 11.8 Å². The predicted molar refractivity (Wildman–Crippen MR) is 67.3 cm³/mol. The van der Waals surface area contributed by atoms with E-state index in [0.717, 1.165) is 12.5 Å². The highest BCUT2D eigenvalue weighted by Crippen LogP contribution is 2.25. The zero-order valence-corrected chi connectivity index (χ0v) is 10.1. The molecule has 1 fully saturated rings. The molecule has 0 radical (unpaired) electrons. The minimum atomic E-state index is 0.954. The molecule has 2 rings (SSSR count). The maximum Gasteiger partial charge on any atom is 0.0205 e. The van der Waals surface area contributed by atoms with Crippen molar-refractivity contribution in [3.05, 3.63) is 29.8 Å². The molecule has 1 N–H and O–H groups in total. The van der Waals surface area contributed by atoms with Crippen molar-refractivity contribution in [1.29, 1.82) is 0 Å². The zero-order valence-electron chi connectivity index (χ0n) is 9.33. The van der Waals surface area contributed by atoms with E-state index in [4.69, 9.17) is 0 Å². The fourth-order valence-electron chi connectivity index (χ4n) is 1.86. The van der Waals surface area contributed by atoms with Crippen LogP contribution in [0.15, 0.2) is 29.2 Å². The largest absolute Gasteiger partial charge is 0.312 e. The first-order valence-corrected chi connectivity index (χ1v) is 6.94. The summed E-state index contributed by atoms with van der Waals surface area (Å²) in [6.45, 7) is 2.22. The van der Waals surface area contributed by atoms with Gasteiger partial charge in [0, 0.05) is 11.4 Å². The molecule has 1 aromatic rings. The Morgan fingerprint density at radius 1 is 1.27 bits per heavy atom. The molecule has 0 saturated heterocycles. The van der Waals surface area contributed by atoms with Crippen LogP contribution in [0.4, 0.5) is 0 Å². The summed E-state index contributed by atoms with van der Waals surface area (Å²) in [7, 11) is 0. The number of thioether (sulfide) groups is 1. The first-order valence-electron chi connectivity index (χ1n) is 5.72. The lowest BCUT2D eigenvalue weighted by Crippen LogP contribution is -2.26. The molecule has 1 aliphatic rings. The Morgan fingerprint density at radius 3 is 2.53 bits per heavy atom. The lowest BCUT2D eigenvalue weighted by molar-refractivity contribution is 0.301. The maximum absolute atomic E-state index is 3.53. The summed E-state index contributed by atoms with van der Waals surface area (Å²) in [6, 6.07) is 8.84. The van der Waals surface area contributed by atoms with Gasteiger partial charge in [0.15, 0.2) is 0 Å². The average molecular weight is 221 g/mol. The predicted octanol–water partition coefficient (Wildman–Crippen LogP) is 3.30. The third-order valence-electron chi connectivity index (χ3n) is 3.15. The van der Waals surface area contributed by atoms with Gasteiger partial charge in [-0.3, -0.25) is 0 Å². The van der Waals surface area contributed by atoms with Gasteiger partial charge in [-0.1, -0.05) is 18.6 Å². The smallest absolute Gasteiger partial charge is 0.0205 e. The number of hydrogen-bond acceptors (Lipinski definition) is 2. The highest BCUT2D eigenvalue weighted by molar-refractivity contribution is 7.98. The van der Waals surface area contributed by atoms with Crippen molar-refractivity contribution >= 4 is 11.8 Å². The Kier molecular flexibility index (Phi) is 4.09. The lowest BCUT2D eigenvalue weighted by atomic mass is 9.85. The topological polar surface area (TPSA) is 12.0 Å². The van der Waals surface area contributed by atoms with Gasteiger partial charge in [-0.15, -0.1) is 11.8 Å². The van der Waals surface area contributed by atoms with Crippen LogP contribution in [0.2, 0.25) is 0 Å². The molecule has 0 aliphatic heterocycles. The Morgan fingerprint density at radius 2 is 2.00 bits per heavy atom. The SMILES string of the molecule is CSc1ccc(CNCC2CCC2)cc1. The van der Waals surface area contributed by atoms with Crippen molar-refractivity contribution in [3.8, 4) is 0 Å². The van der Waals surface area contributed by atoms with Crippen LogP contribution in [0, 0.1) is 5.92 Å². The van der Waals surface area contributed by atoms with Gasteiger partial charge in [-0.05, 0) is 49.3 Å². The van der Waals surface area contributed by atoms with Crippen molar-refractivity contribution in [2.75, 3.05) is 12.8 Å². The van der Waals surface area contributed by atoms with Crippen molar-refractivity contribution in [1.82, 2.24) is 5.32 Å². The first kappa shape index (κ1) is 11.0. The molecule has 0 heterocycles. The standard InChI is InChI=1S/C13H19NS/c1-15-13-7-5-12(6-8-13)10-14-9-11-3-2-4-11/h5-8,11,14H,2-4,9-10H2,1H3. The summed E-state index contributed by atoms with van der Waals surface area (Å²) in [4.78, 5) is 1.35. The van der Waals surface area contributed by atoms with Gasteiger partial charge < -0.3 is 5.32 Å². The molecule has 0 aromatic heterocycles. The number of benzene rings is 1. The molecule has 0 amide bonds. The Bertz CT molecular complexity index is 290. The summed E-state index contributed by atoms with van der Waals surface area (Å²) in [6.07, 6.45) is 6.41. The molecule has 2 heteroatoms. The van der Waals surface area contributed by atoms with Crippen molar-refractivity contribution < 1.29 is 0 Å². The van der Waals surface area contributed by atoms with E-state index in [1.54, 1.807) is 11.8 Å². The van der Waals surface area contributed by atoms with Crippen LogP contribution in [0.1, 0.15) is 24.8 Å². The maximum atomic E-state index is 3.53. The van der Waals surface area contributed by atoms with Crippen LogP contribution < -0.4 is 5.32 Å². The van der Waals surface area contributed by atoms with Gasteiger partial charge in [0.05, 0.1) is 0 Å². The van der Waals surface area contributed by atoms with Gasteiger partial charge >= 0.3 is 0 Å². The van der Waals surface area contributed by atoms with E-state index in [9.17, 15) is 0 Å². The van der Waals surface area contributed by atoms with Crippen molar-refractivity contribution in [2.45, 2.75) is 30.7 Å². The summed E-state index contributed by atoms with van der Waals surface area (Å²) in [5.41, 5.74) is 1.40. The van der Waals surface area contributed by atoms with Gasteiger partial charge in [-0.2, -0.15) is 0 Å². The van der Waals surface area contributed by atoms with Crippen LogP contribution in [0.5, 0.6) is 0 Å². The molecule has 1 nitrogen and oxygen atoms in total. The minimum absolute atomic E-state index is 0.954. The van der Waals surface area contributed by atoms with Gasteiger partial charge in [-0.25, -0.2) is 0 Å². The molecule has 0 unspecified atom stereocenters. The Hall–Kier alpha value is -0.470. The molecule has 0 bridgehead atoms. The zero-order chi connectivity index (χ0) is 10.5. The molecule has 15 heavy (non-hydrogen) atoms. The summed E-state index contributed by atoms with van der Waals surface area (Å²) in [5.74, 6) is 0.954. The first-order chi connectivity index (χ1) is 7.38. The molecule has 1 aromatic carbocycles. The fraction of sp³-hybridized carbons (Fsp3) is 0.538. The minimum Gasteiger partial charge on any atom is -0.312 e. The van der Waals surface area contributed by atoms with Crippen molar-refractivity contribution in [3.63, 3.8) is 0 Å². The van der Waals surface area contributed by atoms with E-state index in [1.807, 2.05) is 0 Å². The van der Waals surface area contributed by atoms with Gasteiger partial charge in [0.25, 0.3) is 0 Å². The van der Waals surface area contributed by atoms with E-state index in [1.165, 1.54) is 36.3 Å². The quantitative estimate of drug-likeness (QED) is 0.766. The van der Waals surface area contributed by atoms with E-state index >= 15 is 0 Å². The van der Waals surface area contributed by atoms with E-state index in [2.05, 4.69) is 35.8 Å². The second-order valence-corrected chi connectivity index (χ2v) is 5.16. The Balaban J connectivity index is 1.72. The molecule has 82 valence electrons. The molecular formula is C13H19NS. The van der Waals surface area contributed by atoms with E-state index in [0.29, 0.717) is 0 Å². The van der Waals surface area contributed by atoms with Crippen LogP contribution in [-0.4, -0.2) is 12.8 Å². The van der Waals surface area contributed by atoms with Crippen molar-refractivity contribution in [2.24, 2.45) is 5.92 Å². The summed E-state index contributed by atoms with van der Waals surface area (Å²) >= 11 is 1.80. The number of nitrogens with one attached hydrogen (secondary N) is 1. The molecule has 0 atom stereocenters. The molecule has 1 saturated carbocycles. The molecule has 1 aliphatic carbocycles. The summed E-state index contributed by atoms with van der Waals surface area (Å²) < 4.78 is 0. The average Bonchev–Trinajstić information content (AvgIpc) is 2.23. The number of rotatable bonds is 5. The highest BCUT2D eigenvalue weighted by Gasteiger charge is 2.16. The van der Waals surface area contributed by atoms with Gasteiger partial charge in [0.1, 0.15) is 0 Å². The molecule has 0 spiro atoms. The third kappa shape index (κ3) is 3.25. The van der Waals surface area contributed by atoms with Crippen LogP contribution in [0.3, 0.4) is 0 Å². The monoisotopic (exact) mass is 221 g/mol. The normalized spacial score (nSPS) is 16.3. The van der Waals surface area contributed by atoms with E-state index < -0.39 is 0 Å². The summed E-state index contributed by atoms with van der Waals surface area (Å²) in [5, 5.41) is 3.53. The van der Waals surface area contributed by atoms with Crippen LogP contribution in [0.25, 0.3) is 0 Å². The number of hydrogen-bond donors (Lipinski definition) is 1. The lowest BCUT2D eigenvalue weighted by Gasteiger charge is -2.25.